The summed E-state index contributed by atoms with van der Waals surface area (Å²) in [5.74, 6) is 1.75. The second-order valence-corrected chi connectivity index (χ2v) is 4.40. The first-order valence-electron chi connectivity index (χ1n) is 5.65. The van der Waals surface area contributed by atoms with E-state index in [1.807, 2.05) is 0 Å². The lowest BCUT2D eigenvalue weighted by molar-refractivity contribution is -0.118. The molecule has 0 unspecified atom stereocenters. The number of ketones is 1. The van der Waals surface area contributed by atoms with Gasteiger partial charge in [0.25, 0.3) is 0 Å². The Bertz CT molecular complexity index is 278. The maximum absolute atomic E-state index is 11.7. The zero-order chi connectivity index (χ0) is 10.1. The highest BCUT2D eigenvalue weighted by Gasteiger charge is 2.32. The highest BCUT2D eigenvalue weighted by molar-refractivity contribution is 5.97. The number of carbonyl (C=O) groups excluding carboxylic acids is 1. The Morgan fingerprint density at radius 1 is 1.43 bits per heavy atom. The van der Waals surface area contributed by atoms with E-state index >= 15 is 0 Å². The van der Waals surface area contributed by atoms with Crippen LogP contribution in [0.3, 0.4) is 0 Å². The van der Waals surface area contributed by atoms with Crippen LogP contribution in [0, 0.1) is 5.92 Å². The summed E-state index contributed by atoms with van der Waals surface area (Å²) in [6, 6.07) is 0. The lowest BCUT2D eigenvalue weighted by Crippen LogP contribution is -2.29. The number of Topliss-reactive ketones (excluding diaryl/α,β-unsaturated/α-hetero) is 1. The number of ether oxygens (including phenoxy) is 1. The van der Waals surface area contributed by atoms with E-state index in [2.05, 4.69) is 13.8 Å². The second-order valence-electron chi connectivity index (χ2n) is 4.40. The van der Waals surface area contributed by atoms with Crippen LogP contribution in [0.15, 0.2) is 11.3 Å². The Morgan fingerprint density at radius 2 is 2.21 bits per heavy atom. The minimum Gasteiger partial charge on any atom is -0.494 e. The molecule has 2 nitrogen and oxygen atoms in total. The Balaban J connectivity index is 2.26. The minimum atomic E-state index is 0.327. The van der Waals surface area contributed by atoms with Crippen molar-refractivity contribution in [3.05, 3.63) is 11.3 Å². The molecule has 0 spiro atoms. The molecule has 0 bridgehead atoms. The van der Waals surface area contributed by atoms with Crippen molar-refractivity contribution in [2.45, 2.75) is 52.1 Å². The first-order chi connectivity index (χ1) is 6.72. The first kappa shape index (κ1) is 9.75. The highest BCUT2D eigenvalue weighted by atomic mass is 16.5. The molecule has 78 valence electrons. The monoisotopic (exact) mass is 194 g/mol. The predicted molar refractivity (Wildman–Crippen MR) is 54.8 cm³/mol. The third-order valence-electron chi connectivity index (χ3n) is 3.28. The van der Waals surface area contributed by atoms with Gasteiger partial charge in [0.2, 0.25) is 0 Å². The lowest BCUT2D eigenvalue weighted by atomic mass is 9.82. The third-order valence-corrected chi connectivity index (χ3v) is 3.28. The van der Waals surface area contributed by atoms with E-state index in [9.17, 15) is 4.79 Å². The van der Waals surface area contributed by atoms with Crippen LogP contribution in [-0.4, -0.2) is 11.9 Å². The van der Waals surface area contributed by atoms with Gasteiger partial charge in [0.05, 0.1) is 6.10 Å². The molecule has 2 aliphatic rings. The molecule has 0 saturated carbocycles. The second kappa shape index (κ2) is 3.76. The normalized spacial score (nSPS) is 32.6. The molecular weight excluding hydrogens is 176 g/mol. The van der Waals surface area contributed by atoms with Gasteiger partial charge in [-0.05, 0) is 25.2 Å². The van der Waals surface area contributed by atoms with Crippen LogP contribution in [0.2, 0.25) is 0 Å². The zero-order valence-electron chi connectivity index (χ0n) is 9.01. The van der Waals surface area contributed by atoms with Crippen LogP contribution in [-0.2, 0) is 9.53 Å². The van der Waals surface area contributed by atoms with E-state index in [0.717, 1.165) is 43.4 Å². The quantitative estimate of drug-likeness (QED) is 0.641. The average molecular weight is 194 g/mol. The molecule has 14 heavy (non-hydrogen) atoms. The maximum atomic E-state index is 11.7. The molecular formula is C12H18O2. The van der Waals surface area contributed by atoms with Crippen molar-refractivity contribution >= 4 is 5.78 Å². The molecule has 0 amide bonds. The predicted octanol–water partition coefficient (Wildman–Crippen LogP) is 2.83. The summed E-state index contributed by atoms with van der Waals surface area (Å²) >= 11 is 0. The third kappa shape index (κ3) is 1.58. The summed E-state index contributed by atoms with van der Waals surface area (Å²) < 4.78 is 5.84. The summed E-state index contributed by atoms with van der Waals surface area (Å²) in [5, 5.41) is 0. The fourth-order valence-corrected chi connectivity index (χ4v) is 2.52. The van der Waals surface area contributed by atoms with Gasteiger partial charge in [-0.2, -0.15) is 0 Å². The molecule has 0 saturated heterocycles. The van der Waals surface area contributed by atoms with E-state index in [1.165, 1.54) is 0 Å². The van der Waals surface area contributed by atoms with Gasteiger partial charge in [-0.15, -0.1) is 0 Å². The fraction of sp³-hybridized carbons (Fsp3) is 0.750. The Kier molecular flexibility index (Phi) is 2.62. The van der Waals surface area contributed by atoms with Crippen molar-refractivity contribution in [1.82, 2.24) is 0 Å². The average Bonchev–Trinajstić information content (AvgIpc) is 2.17. The summed E-state index contributed by atoms with van der Waals surface area (Å²) in [4.78, 5) is 11.7. The van der Waals surface area contributed by atoms with Crippen molar-refractivity contribution in [2.24, 2.45) is 5.92 Å². The van der Waals surface area contributed by atoms with Gasteiger partial charge in [0.1, 0.15) is 5.76 Å². The van der Waals surface area contributed by atoms with E-state index in [1.54, 1.807) is 0 Å². The van der Waals surface area contributed by atoms with E-state index in [-0.39, 0.29) is 0 Å². The summed E-state index contributed by atoms with van der Waals surface area (Å²) in [6.07, 6.45) is 5.08. The maximum Gasteiger partial charge on any atom is 0.162 e. The van der Waals surface area contributed by atoms with Gasteiger partial charge in [-0.1, -0.05) is 13.8 Å². The lowest BCUT2D eigenvalue weighted by Gasteiger charge is -2.34. The molecule has 0 aromatic heterocycles. The van der Waals surface area contributed by atoms with Crippen molar-refractivity contribution in [2.75, 3.05) is 0 Å². The zero-order valence-corrected chi connectivity index (χ0v) is 9.01. The number of hydrogen-bond donors (Lipinski definition) is 0. The molecule has 1 aliphatic heterocycles. The SMILES string of the molecule is CC[C@H]1C[C@H](C)C2=C(CCCC2=O)O1. The molecule has 1 aliphatic carbocycles. The van der Waals surface area contributed by atoms with Crippen molar-refractivity contribution < 1.29 is 9.53 Å². The summed E-state index contributed by atoms with van der Waals surface area (Å²) in [7, 11) is 0. The molecule has 2 atom stereocenters. The van der Waals surface area contributed by atoms with Gasteiger partial charge < -0.3 is 4.74 Å². The van der Waals surface area contributed by atoms with Crippen LogP contribution in [0.4, 0.5) is 0 Å². The number of hydrogen-bond acceptors (Lipinski definition) is 2. The van der Waals surface area contributed by atoms with Crippen molar-refractivity contribution in [3.63, 3.8) is 0 Å². The molecule has 2 rings (SSSR count). The van der Waals surface area contributed by atoms with Crippen LogP contribution < -0.4 is 0 Å². The Labute approximate surface area is 85.3 Å². The molecule has 0 radical (unpaired) electrons. The summed E-state index contributed by atoms with van der Waals surface area (Å²) in [6.45, 7) is 4.30. The topological polar surface area (TPSA) is 26.3 Å². The molecule has 0 fully saturated rings. The van der Waals surface area contributed by atoms with Crippen LogP contribution in [0.5, 0.6) is 0 Å². The Morgan fingerprint density at radius 3 is 2.93 bits per heavy atom. The molecule has 1 heterocycles. The van der Waals surface area contributed by atoms with Gasteiger partial charge in [0, 0.05) is 18.4 Å². The van der Waals surface area contributed by atoms with Crippen LogP contribution in [0.1, 0.15) is 46.0 Å². The standard InChI is InChI=1S/C12H18O2/c1-3-9-7-8(2)12-10(13)5-4-6-11(12)14-9/h8-9H,3-7H2,1-2H3/t8-,9-/m0/s1. The molecule has 0 N–H and O–H groups in total. The number of carbonyl (C=O) groups is 1. The summed E-state index contributed by atoms with van der Waals surface area (Å²) in [5.41, 5.74) is 1.00. The largest absolute Gasteiger partial charge is 0.494 e. The number of rotatable bonds is 1. The van der Waals surface area contributed by atoms with E-state index in [4.69, 9.17) is 4.74 Å². The van der Waals surface area contributed by atoms with Crippen LogP contribution >= 0.6 is 0 Å². The minimum absolute atomic E-state index is 0.327. The van der Waals surface area contributed by atoms with Gasteiger partial charge >= 0.3 is 0 Å². The van der Waals surface area contributed by atoms with Crippen molar-refractivity contribution in [1.29, 1.82) is 0 Å². The number of allylic oxidation sites excluding steroid dienone is 2. The van der Waals surface area contributed by atoms with E-state index in [0.29, 0.717) is 17.8 Å². The van der Waals surface area contributed by atoms with Gasteiger partial charge in [-0.3, -0.25) is 4.79 Å². The smallest absolute Gasteiger partial charge is 0.162 e. The fourth-order valence-electron chi connectivity index (χ4n) is 2.52. The van der Waals surface area contributed by atoms with Crippen LogP contribution in [0.25, 0.3) is 0 Å². The first-order valence-corrected chi connectivity index (χ1v) is 5.65. The molecule has 0 aromatic rings. The highest BCUT2D eigenvalue weighted by Crippen LogP contribution is 2.36. The van der Waals surface area contributed by atoms with Gasteiger partial charge in [0.15, 0.2) is 5.78 Å². The van der Waals surface area contributed by atoms with Crippen molar-refractivity contribution in [3.8, 4) is 0 Å². The van der Waals surface area contributed by atoms with E-state index < -0.39 is 0 Å². The molecule has 0 aromatic carbocycles. The Hall–Kier alpha value is -0.790. The molecule has 2 heteroatoms. The van der Waals surface area contributed by atoms with Gasteiger partial charge in [-0.25, -0.2) is 0 Å².